The Bertz CT molecular complexity index is 621. The van der Waals surface area contributed by atoms with E-state index in [2.05, 4.69) is 5.10 Å². The largest absolute Gasteiger partial charge is 0.481 e. The Labute approximate surface area is 108 Å². The molecule has 0 radical (unpaired) electrons. The van der Waals surface area contributed by atoms with Gasteiger partial charge in [-0.05, 0) is 6.07 Å². The molecule has 0 saturated heterocycles. The predicted octanol–water partition coefficient (Wildman–Crippen LogP) is 1.93. The van der Waals surface area contributed by atoms with Gasteiger partial charge in [0.2, 0.25) is 0 Å². The van der Waals surface area contributed by atoms with E-state index in [0.29, 0.717) is 11.1 Å². The number of aryl methyl sites for hydroxylation is 1. The summed E-state index contributed by atoms with van der Waals surface area (Å²) in [7, 11) is 0. The number of hydrogen-bond acceptors (Lipinski definition) is 4. The van der Waals surface area contributed by atoms with E-state index in [1.807, 2.05) is 0 Å². The molecule has 0 unspecified atom stereocenters. The van der Waals surface area contributed by atoms with E-state index in [1.54, 1.807) is 24.4 Å². The third kappa shape index (κ3) is 2.95. The second-order valence-corrected chi connectivity index (χ2v) is 3.91. The number of nitro groups is 1. The molecule has 0 bridgehead atoms. The first-order valence-corrected chi connectivity index (χ1v) is 5.56. The third-order valence-electron chi connectivity index (χ3n) is 2.60. The fraction of sp³-hybridized carbons (Fsp3) is 0.167. The molecule has 0 spiro atoms. The van der Waals surface area contributed by atoms with Crippen LogP contribution in [0.3, 0.4) is 0 Å². The van der Waals surface area contributed by atoms with Gasteiger partial charge in [-0.25, -0.2) is 0 Å². The Kier molecular flexibility index (Phi) is 3.56. The quantitative estimate of drug-likeness (QED) is 0.655. The van der Waals surface area contributed by atoms with Crippen molar-refractivity contribution in [1.82, 2.24) is 9.78 Å². The van der Waals surface area contributed by atoms with Gasteiger partial charge < -0.3 is 5.11 Å². The molecular formula is C12H11N3O4. The van der Waals surface area contributed by atoms with Crippen molar-refractivity contribution in [3.63, 3.8) is 0 Å². The van der Waals surface area contributed by atoms with Crippen LogP contribution in [0.2, 0.25) is 0 Å². The zero-order valence-electron chi connectivity index (χ0n) is 9.89. The highest BCUT2D eigenvalue weighted by Gasteiger charge is 2.15. The SMILES string of the molecule is O=C(O)CCn1cc(-c2ccccc2[N+](=O)[O-])cn1. The van der Waals surface area contributed by atoms with Crippen molar-refractivity contribution in [2.45, 2.75) is 13.0 Å². The van der Waals surface area contributed by atoms with Crippen molar-refractivity contribution >= 4 is 11.7 Å². The van der Waals surface area contributed by atoms with Crippen LogP contribution >= 0.6 is 0 Å². The number of carbonyl (C=O) groups is 1. The predicted molar refractivity (Wildman–Crippen MR) is 66.6 cm³/mol. The van der Waals surface area contributed by atoms with Crippen molar-refractivity contribution in [2.75, 3.05) is 0 Å². The van der Waals surface area contributed by atoms with Crippen LogP contribution in [-0.4, -0.2) is 25.8 Å². The molecule has 0 aliphatic rings. The maximum atomic E-state index is 10.9. The van der Waals surface area contributed by atoms with Crippen LogP contribution in [0.1, 0.15) is 6.42 Å². The average molecular weight is 261 g/mol. The van der Waals surface area contributed by atoms with Gasteiger partial charge >= 0.3 is 5.97 Å². The molecule has 7 heteroatoms. The molecule has 19 heavy (non-hydrogen) atoms. The lowest BCUT2D eigenvalue weighted by molar-refractivity contribution is -0.384. The number of aromatic nitrogens is 2. The summed E-state index contributed by atoms with van der Waals surface area (Å²) in [5, 5.41) is 23.5. The summed E-state index contributed by atoms with van der Waals surface area (Å²) in [5.41, 5.74) is 1.06. The Morgan fingerprint density at radius 1 is 1.42 bits per heavy atom. The van der Waals surface area contributed by atoms with E-state index < -0.39 is 10.9 Å². The molecule has 1 heterocycles. The third-order valence-corrected chi connectivity index (χ3v) is 2.60. The minimum absolute atomic E-state index is 0.000264. The summed E-state index contributed by atoms with van der Waals surface area (Å²) >= 11 is 0. The molecule has 0 aliphatic carbocycles. The monoisotopic (exact) mass is 261 g/mol. The summed E-state index contributed by atoms with van der Waals surface area (Å²) in [4.78, 5) is 20.9. The summed E-state index contributed by atoms with van der Waals surface area (Å²) in [6.45, 7) is 0.232. The standard InChI is InChI=1S/C12H11N3O4/c16-12(17)5-6-14-8-9(7-13-14)10-3-1-2-4-11(10)15(18)19/h1-4,7-8H,5-6H2,(H,16,17). The van der Waals surface area contributed by atoms with Crippen LogP contribution in [0.5, 0.6) is 0 Å². The zero-order chi connectivity index (χ0) is 13.8. The van der Waals surface area contributed by atoms with E-state index in [4.69, 9.17) is 5.11 Å². The number of rotatable bonds is 5. The molecule has 0 aliphatic heterocycles. The smallest absolute Gasteiger partial charge is 0.305 e. The van der Waals surface area contributed by atoms with E-state index >= 15 is 0 Å². The van der Waals surface area contributed by atoms with Gasteiger partial charge in [0.25, 0.3) is 5.69 Å². The number of aliphatic carboxylic acids is 1. The summed E-state index contributed by atoms with van der Waals surface area (Å²) in [6, 6.07) is 6.36. The maximum absolute atomic E-state index is 10.9. The molecule has 0 atom stereocenters. The molecule has 2 rings (SSSR count). The fourth-order valence-corrected chi connectivity index (χ4v) is 1.71. The lowest BCUT2D eigenvalue weighted by Crippen LogP contribution is -2.04. The minimum atomic E-state index is -0.914. The van der Waals surface area contributed by atoms with E-state index in [0.717, 1.165) is 0 Å². The first-order chi connectivity index (χ1) is 9.08. The molecule has 1 aromatic heterocycles. The summed E-state index contributed by atoms with van der Waals surface area (Å²) in [5.74, 6) is -0.914. The minimum Gasteiger partial charge on any atom is -0.481 e. The molecule has 7 nitrogen and oxygen atoms in total. The van der Waals surface area contributed by atoms with Gasteiger partial charge in [-0.1, -0.05) is 12.1 Å². The number of hydrogen-bond donors (Lipinski definition) is 1. The van der Waals surface area contributed by atoms with Gasteiger partial charge in [0.1, 0.15) is 0 Å². The maximum Gasteiger partial charge on any atom is 0.305 e. The average Bonchev–Trinajstić information content (AvgIpc) is 2.85. The highest BCUT2D eigenvalue weighted by atomic mass is 16.6. The van der Waals surface area contributed by atoms with Crippen LogP contribution in [0.25, 0.3) is 11.1 Å². The molecule has 98 valence electrons. The van der Waals surface area contributed by atoms with E-state index in [1.165, 1.54) is 16.9 Å². The van der Waals surface area contributed by atoms with Crippen LogP contribution in [0.4, 0.5) is 5.69 Å². The van der Waals surface area contributed by atoms with Gasteiger partial charge in [-0.2, -0.15) is 5.10 Å². The number of nitro benzene ring substituents is 1. The number of para-hydroxylation sites is 1. The Hall–Kier alpha value is -2.70. The second-order valence-electron chi connectivity index (χ2n) is 3.91. The highest BCUT2D eigenvalue weighted by Crippen LogP contribution is 2.28. The van der Waals surface area contributed by atoms with Gasteiger partial charge in [0, 0.05) is 17.8 Å². The van der Waals surface area contributed by atoms with E-state index in [9.17, 15) is 14.9 Å². The van der Waals surface area contributed by atoms with Gasteiger partial charge in [0.05, 0.1) is 29.6 Å². The molecule has 2 aromatic rings. The van der Waals surface area contributed by atoms with Crippen LogP contribution in [0, 0.1) is 10.1 Å². The highest BCUT2D eigenvalue weighted by molar-refractivity contribution is 5.72. The summed E-state index contributed by atoms with van der Waals surface area (Å²) in [6.07, 6.45) is 3.05. The molecule has 0 fully saturated rings. The Balaban J connectivity index is 2.28. The van der Waals surface area contributed by atoms with Crippen molar-refractivity contribution < 1.29 is 14.8 Å². The van der Waals surface area contributed by atoms with Crippen molar-refractivity contribution in [3.8, 4) is 11.1 Å². The van der Waals surface area contributed by atoms with Gasteiger partial charge in [-0.3, -0.25) is 19.6 Å². The number of benzene rings is 1. The van der Waals surface area contributed by atoms with Crippen molar-refractivity contribution in [2.24, 2.45) is 0 Å². The topological polar surface area (TPSA) is 98.3 Å². The lowest BCUT2D eigenvalue weighted by Gasteiger charge is -1.99. The van der Waals surface area contributed by atoms with Crippen LogP contribution in [0.15, 0.2) is 36.7 Å². The number of carboxylic acid groups (broad SMARTS) is 1. The second kappa shape index (κ2) is 5.30. The van der Waals surface area contributed by atoms with E-state index in [-0.39, 0.29) is 18.7 Å². The lowest BCUT2D eigenvalue weighted by atomic mass is 10.1. The van der Waals surface area contributed by atoms with Crippen molar-refractivity contribution in [3.05, 3.63) is 46.8 Å². The Morgan fingerprint density at radius 2 is 2.16 bits per heavy atom. The first-order valence-electron chi connectivity index (χ1n) is 5.56. The van der Waals surface area contributed by atoms with Gasteiger partial charge in [0.15, 0.2) is 0 Å². The molecule has 0 amide bonds. The Morgan fingerprint density at radius 3 is 2.84 bits per heavy atom. The molecule has 1 N–H and O–H groups in total. The molecule has 0 saturated carbocycles. The first kappa shape index (κ1) is 12.7. The fourth-order valence-electron chi connectivity index (χ4n) is 1.71. The number of carboxylic acids is 1. The number of nitrogens with zero attached hydrogens (tertiary/aromatic N) is 3. The van der Waals surface area contributed by atoms with Crippen LogP contribution in [-0.2, 0) is 11.3 Å². The molecule has 1 aromatic carbocycles. The zero-order valence-corrected chi connectivity index (χ0v) is 9.89. The van der Waals surface area contributed by atoms with Crippen molar-refractivity contribution in [1.29, 1.82) is 0 Å². The van der Waals surface area contributed by atoms with Crippen LogP contribution < -0.4 is 0 Å². The molecular weight excluding hydrogens is 250 g/mol. The summed E-state index contributed by atoms with van der Waals surface area (Å²) < 4.78 is 1.46. The normalized spacial score (nSPS) is 10.3. The van der Waals surface area contributed by atoms with Gasteiger partial charge in [-0.15, -0.1) is 0 Å².